The lowest BCUT2D eigenvalue weighted by molar-refractivity contribution is 0.0959. The van der Waals surface area contributed by atoms with E-state index in [0.29, 0.717) is 17.0 Å². The average Bonchev–Trinajstić information content (AvgIpc) is 2.96. The highest BCUT2D eigenvalue weighted by molar-refractivity contribution is 5.94. The van der Waals surface area contributed by atoms with Gasteiger partial charge in [0.2, 0.25) is 0 Å². The van der Waals surface area contributed by atoms with Gasteiger partial charge in [-0.1, -0.05) is 13.0 Å². The highest BCUT2D eigenvalue weighted by Crippen LogP contribution is 2.20. The molecule has 0 unspecified atom stereocenters. The number of benzene rings is 1. The van der Waals surface area contributed by atoms with Gasteiger partial charge in [-0.25, -0.2) is 18.9 Å². The second-order valence-electron chi connectivity index (χ2n) is 4.73. The molecule has 0 spiro atoms. The van der Waals surface area contributed by atoms with E-state index in [-0.39, 0.29) is 5.56 Å². The van der Waals surface area contributed by atoms with Crippen LogP contribution in [0, 0.1) is 5.82 Å². The Morgan fingerprint density at radius 1 is 1.32 bits per heavy atom. The zero-order valence-electron chi connectivity index (χ0n) is 12.2. The number of hydrogen-bond acceptors (Lipinski definition) is 4. The van der Waals surface area contributed by atoms with Gasteiger partial charge in [-0.3, -0.25) is 4.79 Å². The van der Waals surface area contributed by atoms with E-state index in [1.165, 1.54) is 25.4 Å². The molecular weight excluding hydrogens is 285 g/mol. The monoisotopic (exact) mass is 299 g/mol. The SMILES string of the molecule is CCc1cnc2ncc(-c3ccc(C(=O)NC)c(F)c3)nn12. The number of halogens is 1. The lowest BCUT2D eigenvalue weighted by Gasteiger charge is -2.06. The zero-order valence-corrected chi connectivity index (χ0v) is 12.2. The maximum atomic E-state index is 14.0. The first kappa shape index (κ1) is 14.1. The van der Waals surface area contributed by atoms with Gasteiger partial charge in [-0.05, 0) is 18.6 Å². The van der Waals surface area contributed by atoms with E-state index in [1.807, 2.05) is 6.92 Å². The zero-order chi connectivity index (χ0) is 15.7. The van der Waals surface area contributed by atoms with Gasteiger partial charge >= 0.3 is 0 Å². The Hall–Kier alpha value is -2.83. The molecule has 0 saturated carbocycles. The summed E-state index contributed by atoms with van der Waals surface area (Å²) >= 11 is 0. The minimum Gasteiger partial charge on any atom is -0.355 e. The molecule has 22 heavy (non-hydrogen) atoms. The fourth-order valence-electron chi connectivity index (χ4n) is 2.19. The normalized spacial score (nSPS) is 10.9. The van der Waals surface area contributed by atoms with Crippen LogP contribution in [0.25, 0.3) is 17.0 Å². The van der Waals surface area contributed by atoms with Gasteiger partial charge in [0.25, 0.3) is 11.7 Å². The highest BCUT2D eigenvalue weighted by atomic mass is 19.1. The Bertz CT molecular complexity index is 858. The van der Waals surface area contributed by atoms with Crippen molar-refractivity contribution >= 4 is 11.7 Å². The molecule has 3 rings (SSSR count). The number of fused-ring (bicyclic) bond motifs is 1. The summed E-state index contributed by atoms with van der Waals surface area (Å²) in [6.45, 7) is 2.00. The second kappa shape index (κ2) is 5.51. The minimum absolute atomic E-state index is 0.00262. The summed E-state index contributed by atoms with van der Waals surface area (Å²) in [5.41, 5.74) is 1.99. The molecular formula is C15H14FN5O. The number of aryl methyl sites for hydroxylation is 1. The number of carbonyl (C=O) groups is 1. The van der Waals surface area contributed by atoms with Crippen LogP contribution < -0.4 is 5.32 Å². The van der Waals surface area contributed by atoms with Crippen molar-refractivity contribution in [2.24, 2.45) is 0 Å². The smallest absolute Gasteiger partial charge is 0.253 e. The van der Waals surface area contributed by atoms with E-state index < -0.39 is 11.7 Å². The van der Waals surface area contributed by atoms with E-state index in [4.69, 9.17) is 0 Å². The first-order chi connectivity index (χ1) is 10.6. The van der Waals surface area contributed by atoms with Gasteiger partial charge in [0.15, 0.2) is 0 Å². The van der Waals surface area contributed by atoms with Crippen LogP contribution in [0.4, 0.5) is 4.39 Å². The van der Waals surface area contributed by atoms with E-state index in [9.17, 15) is 9.18 Å². The molecule has 0 atom stereocenters. The lowest BCUT2D eigenvalue weighted by atomic mass is 10.1. The van der Waals surface area contributed by atoms with Crippen LogP contribution in [0.5, 0.6) is 0 Å². The van der Waals surface area contributed by atoms with Crippen molar-refractivity contribution in [3.05, 3.63) is 47.7 Å². The number of imidazole rings is 1. The van der Waals surface area contributed by atoms with E-state index in [1.54, 1.807) is 16.8 Å². The summed E-state index contributed by atoms with van der Waals surface area (Å²) in [4.78, 5) is 19.9. The molecule has 0 radical (unpaired) electrons. The van der Waals surface area contributed by atoms with E-state index in [2.05, 4.69) is 20.4 Å². The second-order valence-corrected chi connectivity index (χ2v) is 4.73. The Balaban J connectivity index is 2.07. The Morgan fingerprint density at radius 2 is 2.09 bits per heavy atom. The van der Waals surface area contributed by atoms with Gasteiger partial charge in [0.1, 0.15) is 11.5 Å². The molecule has 0 saturated heterocycles. The third-order valence-corrected chi connectivity index (χ3v) is 3.40. The molecule has 7 heteroatoms. The van der Waals surface area contributed by atoms with Crippen LogP contribution in [-0.2, 0) is 6.42 Å². The number of aromatic nitrogens is 4. The van der Waals surface area contributed by atoms with Crippen LogP contribution in [0.15, 0.2) is 30.6 Å². The number of amides is 1. The van der Waals surface area contributed by atoms with Crippen molar-refractivity contribution in [2.75, 3.05) is 7.05 Å². The molecule has 1 N–H and O–H groups in total. The predicted molar refractivity (Wildman–Crippen MR) is 78.9 cm³/mol. The van der Waals surface area contributed by atoms with Gasteiger partial charge in [0, 0.05) is 12.6 Å². The molecule has 6 nitrogen and oxygen atoms in total. The standard InChI is InChI=1S/C15H14FN5O/c1-3-10-7-18-15-19-8-13(20-21(10)15)9-4-5-11(12(16)6-9)14(22)17-2/h4-8H,3H2,1-2H3,(H,17,22). The Kier molecular flexibility index (Phi) is 3.54. The third-order valence-electron chi connectivity index (χ3n) is 3.40. The van der Waals surface area contributed by atoms with Crippen molar-refractivity contribution in [3.63, 3.8) is 0 Å². The summed E-state index contributed by atoms with van der Waals surface area (Å²) in [6.07, 6.45) is 4.02. The fourth-order valence-corrected chi connectivity index (χ4v) is 2.19. The Labute approximate surface area is 126 Å². The summed E-state index contributed by atoms with van der Waals surface area (Å²) in [7, 11) is 1.46. The van der Waals surface area contributed by atoms with Gasteiger partial charge < -0.3 is 5.32 Å². The highest BCUT2D eigenvalue weighted by Gasteiger charge is 2.13. The molecule has 0 bridgehead atoms. The largest absolute Gasteiger partial charge is 0.355 e. The van der Waals surface area contributed by atoms with Gasteiger partial charge in [-0.15, -0.1) is 0 Å². The molecule has 112 valence electrons. The summed E-state index contributed by atoms with van der Waals surface area (Å²) in [5, 5.41) is 6.83. The maximum Gasteiger partial charge on any atom is 0.253 e. The quantitative estimate of drug-likeness (QED) is 0.801. The fraction of sp³-hybridized carbons (Fsp3) is 0.200. The van der Waals surface area contributed by atoms with Gasteiger partial charge in [0.05, 0.1) is 23.7 Å². The molecule has 1 amide bonds. The van der Waals surface area contributed by atoms with Crippen molar-refractivity contribution < 1.29 is 9.18 Å². The number of carbonyl (C=O) groups excluding carboxylic acids is 1. The van der Waals surface area contributed by atoms with Crippen molar-refractivity contribution in [2.45, 2.75) is 13.3 Å². The van der Waals surface area contributed by atoms with Crippen LogP contribution in [0.2, 0.25) is 0 Å². The number of hydrogen-bond donors (Lipinski definition) is 1. The van der Waals surface area contributed by atoms with Crippen molar-refractivity contribution in [3.8, 4) is 11.3 Å². The third kappa shape index (κ3) is 2.30. The first-order valence-corrected chi connectivity index (χ1v) is 6.85. The van der Waals surface area contributed by atoms with Crippen molar-refractivity contribution in [1.29, 1.82) is 0 Å². The minimum atomic E-state index is -0.597. The molecule has 0 aliphatic carbocycles. The van der Waals surface area contributed by atoms with Crippen LogP contribution in [-0.4, -0.2) is 32.5 Å². The van der Waals surface area contributed by atoms with Gasteiger partial charge in [-0.2, -0.15) is 5.10 Å². The molecule has 0 fully saturated rings. The van der Waals surface area contributed by atoms with E-state index >= 15 is 0 Å². The van der Waals surface area contributed by atoms with Crippen LogP contribution >= 0.6 is 0 Å². The molecule has 0 aliphatic heterocycles. The molecule has 3 aromatic rings. The Morgan fingerprint density at radius 3 is 2.77 bits per heavy atom. The van der Waals surface area contributed by atoms with Crippen LogP contribution in [0.3, 0.4) is 0 Å². The summed E-state index contributed by atoms with van der Waals surface area (Å²) in [5.74, 6) is -0.559. The molecule has 1 aromatic carbocycles. The number of nitrogens with zero attached hydrogens (tertiary/aromatic N) is 4. The first-order valence-electron chi connectivity index (χ1n) is 6.85. The number of nitrogens with one attached hydrogen (secondary N) is 1. The van der Waals surface area contributed by atoms with E-state index in [0.717, 1.165) is 12.1 Å². The summed E-state index contributed by atoms with van der Waals surface area (Å²) in [6, 6.07) is 4.36. The predicted octanol–water partition coefficient (Wildman–Crippen LogP) is 1.85. The average molecular weight is 299 g/mol. The maximum absolute atomic E-state index is 14.0. The number of rotatable bonds is 3. The van der Waals surface area contributed by atoms with Crippen LogP contribution in [0.1, 0.15) is 23.0 Å². The summed E-state index contributed by atoms with van der Waals surface area (Å²) < 4.78 is 15.7. The molecule has 2 heterocycles. The van der Waals surface area contributed by atoms with Crippen molar-refractivity contribution in [1.82, 2.24) is 24.9 Å². The lowest BCUT2D eigenvalue weighted by Crippen LogP contribution is -2.19. The topological polar surface area (TPSA) is 72.2 Å². The molecule has 2 aromatic heterocycles. The molecule has 0 aliphatic rings.